The number of fused-ring (bicyclic) bond motifs is 1. The van der Waals surface area contributed by atoms with Crippen LogP contribution >= 0.6 is 23.2 Å². The number of rotatable bonds is 3. The lowest BCUT2D eigenvalue weighted by molar-refractivity contribution is 0.122. The number of halogens is 2. The summed E-state index contributed by atoms with van der Waals surface area (Å²) in [5.41, 5.74) is 2.77. The van der Waals surface area contributed by atoms with Gasteiger partial charge >= 0.3 is 0 Å². The van der Waals surface area contributed by atoms with Crippen molar-refractivity contribution in [2.75, 3.05) is 49.8 Å². The number of hydrogen-bond acceptors (Lipinski definition) is 6. The summed E-state index contributed by atoms with van der Waals surface area (Å²) in [4.78, 5) is 13.0. The lowest BCUT2D eigenvalue weighted by Gasteiger charge is -2.30. The first-order valence-corrected chi connectivity index (χ1v) is 9.68. The van der Waals surface area contributed by atoms with Crippen LogP contribution in [0.15, 0.2) is 18.2 Å². The molecule has 6 nitrogen and oxygen atoms in total. The van der Waals surface area contributed by atoms with Gasteiger partial charge in [-0.3, -0.25) is 0 Å². The van der Waals surface area contributed by atoms with Crippen LogP contribution in [0.1, 0.15) is 19.4 Å². The molecule has 0 N–H and O–H groups in total. The van der Waals surface area contributed by atoms with E-state index in [0.717, 1.165) is 54.8 Å². The zero-order valence-electron chi connectivity index (χ0n) is 15.6. The third kappa shape index (κ3) is 3.30. The van der Waals surface area contributed by atoms with Crippen LogP contribution in [0.3, 0.4) is 0 Å². The van der Waals surface area contributed by atoms with E-state index < -0.39 is 0 Å². The molecule has 1 aromatic heterocycles. The summed E-state index contributed by atoms with van der Waals surface area (Å²) in [5.74, 6) is 1.52. The molecule has 3 heterocycles. The number of hydrogen-bond donors (Lipinski definition) is 0. The van der Waals surface area contributed by atoms with Gasteiger partial charge in [0.2, 0.25) is 5.28 Å². The molecular weight excluding hydrogens is 387 g/mol. The minimum atomic E-state index is -0.203. The predicted molar refractivity (Wildman–Crippen MR) is 108 cm³/mol. The molecular formula is C19H22Cl2N4O2. The Morgan fingerprint density at radius 3 is 2.59 bits per heavy atom. The Labute approximate surface area is 169 Å². The molecule has 0 bridgehead atoms. The Kier molecular flexibility index (Phi) is 4.82. The van der Waals surface area contributed by atoms with Crippen molar-refractivity contribution in [3.05, 3.63) is 34.2 Å². The number of morpholine rings is 1. The number of nitrogens with zero attached hydrogens (tertiary/aromatic N) is 4. The van der Waals surface area contributed by atoms with Gasteiger partial charge in [0.1, 0.15) is 16.7 Å². The standard InChI is InChI=1S/C19H22Cl2N4O2/c1-19(2)11-25(17-15(19)16(20)22-18(21)23-17)13-5-4-12(10-14(13)26-3)24-6-8-27-9-7-24/h4-5,10H,6-9,11H2,1-3H3. The highest BCUT2D eigenvalue weighted by molar-refractivity contribution is 6.33. The molecule has 27 heavy (non-hydrogen) atoms. The summed E-state index contributed by atoms with van der Waals surface area (Å²) < 4.78 is 11.2. The maximum atomic E-state index is 6.40. The topological polar surface area (TPSA) is 50.7 Å². The summed E-state index contributed by atoms with van der Waals surface area (Å²) in [6, 6.07) is 6.24. The SMILES string of the molecule is COc1cc(N2CCOCC2)ccc1N1CC(C)(C)c2c(Cl)nc(Cl)nc21. The fourth-order valence-corrected chi connectivity index (χ4v) is 4.46. The molecule has 1 aromatic carbocycles. The first-order valence-electron chi connectivity index (χ1n) is 8.92. The van der Waals surface area contributed by atoms with Gasteiger partial charge in [-0.25, -0.2) is 4.98 Å². The van der Waals surface area contributed by atoms with Gasteiger partial charge in [0.15, 0.2) is 0 Å². The quantitative estimate of drug-likeness (QED) is 0.563. The average molecular weight is 409 g/mol. The minimum Gasteiger partial charge on any atom is -0.494 e. The van der Waals surface area contributed by atoms with Gasteiger partial charge in [0.05, 0.1) is 26.0 Å². The molecule has 0 spiro atoms. The number of benzene rings is 1. The molecule has 144 valence electrons. The van der Waals surface area contributed by atoms with E-state index in [0.29, 0.717) is 11.7 Å². The highest BCUT2D eigenvalue weighted by Gasteiger charge is 2.41. The maximum absolute atomic E-state index is 6.40. The molecule has 0 unspecified atom stereocenters. The molecule has 2 aliphatic heterocycles. The van der Waals surface area contributed by atoms with E-state index >= 15 is 0 Å². The average Bonchev–Trinajstić information content (AvgIpc) is 2.92. The molecule has 1 fully saturated rings. The lowest BCUT2D eigenvalue weighted by atomic mass is 9.89. The van der Waals surface area contributed by atoms with Crippen molar-refractivity contribution in [2.45, 2.75) is 19.3 Å². The van der Waals surface area contributed by atoms with E-state index in [1.54, 1.807) is 7.11 Å². The van der Waals surface area contributed by atoms with E-state index in [9.17, 15) is 0 Å². The molecule has 4 rings (SSSR count). The highest BCUT2D eigenvalue weighted by atomic mass is 35.5. The summed E-state index contributed by atoms with van der Waals surface area (Å²) >= 11 is 12.5. The zero-order valence-corrected chi connectivity index (χ0v) is 17.1. The summed E-state index contributed by atoms with van der Waals surface area (Å²) in [6.07, 6.45) is 0. The zero-order chi connectivity index (χ0) is 19.2. The third-order valence-corrected chi connectivity index (χ3v) is 5.58. The number of anilines is 3. The molecule has 2 aromatic rings. The van der Waals surface area contributed by atoms with Crippen molar-refractivity contribution in [3.8, 4) is 5.75 Å². The Hall–Kier alpha value is -1.76. The Balaban J connectivity index is 1.76. The van der Waals surface area contributed by atoms with Crippen molar-refractivity contribution in [1.29, 1.82) is 0 Å². The summed E-state index contributed by atoms with van der Waals surface area (Å²) in [7, 11) is 1.68. The second-order valence-corrected chi connectivity index (χ2v) is 8.10. The van der Waals surface area contributed by atoms with Gasteiger partial charge in [-0.15, -0.1) is 0 Å². The molecule has 0 amide bonds. The van der Waals surface area contributed by atoms with Crippen molar-refractivity contribution in [3.63, 3.8) is 0 Å². The molecule has 0 radical (unpaired) electrons. The van der Waals surface area contributed by atoms with Crippen molar-refractivity contribution in [2.24, 2.45) is 0 Å². The van der Waals surface area contributed by atoms with Gasteiger partial charge in [0, 0.05) is 42.4 Å². The van der Waals surface area contributed by atoms with Gasteiger partial charge in [-0.1, -0.05) is 25.4 Å². The van der Waals surface area contributed by atoms with Crippen LogP contribution < -0.4 is 14.5 Å². The van der Waals surface area contributed by atoms with Crippen LogP contribution in [0.25, 0.3) is 0 Å². The maximum Gasteiger partial charge on any atom is 0.225 e. The van der Waals surface area contributed by atoms with Crippen LogP contribution in [0.4, 0.5) is 17.2 Å². The number of ether oxygens (including phenoxy) is 2. The summed E-state index contributed by atoms with van der Waals surface area (Å²) in [5, 5.41) is 0.548. The second-order valence-electron chi connectivity index (χ2n) is 7.41. The first-order chi connectivity index (χ1) is 12.9. The highest BCUT2D eigenvalue weighted by Crippen LogP contribution is 2.48. The van der Waals surface area contributed by atoms with Crippen molar-refractivity contribution < 1.29 is 9.47 Å². The van der Waals surface area contributed by atoms with Crippen molar-refractivity contribution in [1.82, 2.24) is 9.97 Å². The van der Waals surface area contributed by atoms with Crippen LogP contribution in [0, 0.1) is 0 Å². The minimum absolute atomic E-state index is 0.144. The molecule has 0 atom stereocenters. The van der Waals surface area contributed by atoms with Crippen molar-refractivity contribution >= 4 is 40.4 Å². The van der Waals surface area contributed by atoms with Crippen LogP contribution in [-0.2, 0) is 10.2 Å². The van der Waals surface area contributed by atoms with Gasteiger partial charge < -0.3 is 19.3 Å². The monoisotopic (exact) mass is 408 g/mol. The fourth-order valence-electron chi connectivity index (χ4n) is 3.83. The number of aromatic nitrogens is 2. The largest absolute Gasteiger partial charge is 0.494 e. The molecule has 0 saturated carbocycles. The Morgan fingerprint density at radius 1 is 1.15 bits per heavy atom. The molecule has 2 aliphatic rings. The first kappa shape index (κ1) is 18.6. The van der Waals surface area contributed by atoms with E-state index in [2.05, 4.69) is 51.8 Å². The lowest BCUT2D eigenvalue weighted by Crippen LogP contribution is -2.36. The Bertz CT molecular complexity index is 869. The molecule has 8 heteroatoms. The fraction of sp³-hybridized carbons (Fsp3) is 0.474. The van der Waals surface area contributed by atoms with E-state index in [1.807, 2.05) is 0 Å². The van der Waals surface area contributed by atoms with Gasteiger partial charge in [-0.2, -0.15) is 4.98 Å². The number of methoxy groups -OCH3 is 1. The normalized spacial score (nSPS) is 18.6. The van der Waals surface area contributed by atoms with Gasteiger partial charge in [0.25, 0.3) is 0 Å². The van der Waals surface area contributed by atoms with Crippen LogP contribution in [-0.4, -0.2) is 49.9 Å². The predicted octanol–water partition coefficient (Wildman–Crippen LogP) is 4.06. The van der Waals surface area contributed by atoms with Crippen LogP contribution in [0.5, 0.6) is 5.75 Å². The van der Waals surface area contributed by atoms with Gasteiger partial charge in [-0.05, 0) is 23.7 Å². The van der Waals surface area contributed by atoms with E-state index in [1.165, 1.54) is 0 Å². The van der Waals surface area contributed by atoms with E-state index in [-0.39, 0.29) is 10.7 Å². The Morgan fingerprint density at radius 2 is 1.89 bits per heavy atom. The second kappa shape index (κ2) is 7.00. The smallest absolute Gasteiger partial charge is 0.225 e. The molecule has 0 aliphatic carbocycles. The third-order valence-electron chi connectivity index (χ3n) is 5.13. The van der Waals surface area contributed by atoms with E-state index in [4.69, 9.17) is 32.7 Å². The summed E-state index contributed by atoms with van der Waals surface area (Å²) in [6.45, 7) is 8.20. The van der Waals surface area contributed by atoms with Crippen LogP contribution in [0.2, 0.25) is 10.4 Å². The molecule has 1 saturated heterocycles.